The number of hydrogen-bond acceptors (Lipinski definition) is 2. The number of hydrogen-bond donors (Lipinski definition) is 1. The Labute approximate surface area is 148 Å². The number of aryl methyl sites for hydroxylation is 1. The third kappa shape index (κ3) is 3.61. The largest absolute Gasteiger partial charge is 0.345 e. The Balaban J connectivity index is 1.90. The van der Waals surface area contributed by atoms with Crippen molar-refractivity contribution in [3.8, 4) is 0 Å². The molecule has 3 nitrogen and oxygen atoms in total. The maximum atomic E-state index is 13.9. The van der Waals surface area contributed by atoms with E-state index in [1.807, 2.05) is 0 Å². The second-order valence-corrected chi connectivity index (χ2v) is 6.26. The van der Waals surface area contributed by atoms with Gasteiger partial charge in [0.05, 0.1) is 22.8 Å². The third-order valence-electron chi connectivity index (χ3n) is 3.99. The number of rotatable bonds is 3. The topological polar surface area (TPSA) is 42.0 Å². The summed E-state index contributed by atoms with van der Waals surface area (Å²) in [5, 5.41) is 4.01. The van der Waals surface area contributed by atoms with Gasteiger partial charge in [-0.3, -0.25) is 9.78 Å². The number of fused-ring (bicyclic) bond motifs is 1. The van der Waals surface area contributed by atoms with Gasteiger partial charge in [0.1, 0.15) is 11.6 Å². The van der Waals surface area contributed by atoms with Gasteiger partial charge in [-0.15, -0.1) is 0 Å². The molecule has 0 aliphatic carbocycles. The first kappa shape index (κ1) is 17.3. The number of aromatic nitrogens is 1. The Kier molecular flexibility index (Phi) is 4.68. The van der Waals surface area contributed by atoms with Gasteiger partial charge < -0.3 is 5.32 Å². The molecular formula is C19H15ClF2N2O. The summed E-state index contributed by atoms with van der Waals surface area (Å²) in [7, 11) is 0. The Morgan fingerprint density at radius 1 is 1.16 bits per heavy atom. The average Bonchev–Trinajstić information content (AvgIpc) is 2.54. The highest BCUT2D eigenvalue weighted by molar-refractivity contribution is 6.31. The average molecular weight is 361 g/mol. The number of carbonyl (C=O) groups is 1. The highest BCUT2D eigenvalue weighted by Crippen LogP contribution is 2.22. The van der Waals surface area contributed by atoms with Gasteiger partial charge in [0.2, 0.25) is 0 Å². The first-order chi connectivity index (χ1) is 11.8. The van der Waals surface area contributed by atoms with Crippen LogP contribution in [-0.4, -0.2) is 10.9 Å². The van der Waals surface area contributed by atoms with Gasteiger partial charge in [-0.05, 0) is 44.2 Å². The van der Waals surface area contributed by atoms with Gasteiger partial charge in [-0.1, -0.05) is 17.7 Å². The quantitative estimate of drug-likeness (QED) is 0.716. The fourth-order valence-corrected chi connectivity index (χ4v) is 2.86. The van der Waals surface area contributed by atoms with Crippen LogP contribution in [0.4, 0.5) is 8.78 Å². The summed E-state index contributed by atoms with van der Waals surface area (Å²) in [6.45, 7) is 3.36. The predicted molar refractivity (Wildman–Crippen MR) is 93.7 cm³/mol. The molecule has 0 aliphatic rings. The first-order valence-electron chi connectivity index (χ1n) is 7.68. The van der Waals surface area contributed by atoms with E-state index in [-0.39, 0.29) is 11.5 Å². The molecule has 3 rings (SSSR count). The molecule has 0 saturated carbocycles. The molecule has 1 amide bonds. The molecular weight excluding hydrogens is 346 g/mol. The van der Waals surface area contributed by atoms with Gasteiger partial charge in [-0.2, -0.15) is 0 Å². The van der Waals surface area contributed by atoms with E-state index in [0.29, 0.717) is 16.3 Å². The first-order valence-corrected chi connectivity index (χ1v) is 8.05. The maximum absolute atomic E-state index is 13.9. The normalized spacial score (nSPS) is 12.2. The van der Waals surface area contributed by atoms with Crippen LogP contribution in [0.5, 0.6) is 0 Å². The molecule has 128 valence electrons. The SMILES string of the molecule is Cc1nc2ccc(Cl)cc2cc1C(=O)NC(C)c1ccc(F)cc1F. The summed E-state index contributed by atoms with van der Waals surface area (Å²) in [5.41, 5.74) is 1.88. The molecule has 0 aliphatic heterocycles. The zero-order chi connectivity index (χ0) is 18.1. The van der Waals surface area contributed by atoms with Crippen molar-refractivity contribution in [1.29, 1.82) is 0 Å². The predicted octanol–water partition coefficient (Wildman–Crippen LogP) is 4.97. The summed E-state index contributed by atoms with van der Waals surface area (Å²) < 4.78 is 26.9. The summed E-state index contributed by atoms with van der Waals surface area (Å²) in [6.07, 6.45) is 0. The molecule has 1 aromatic heterocycles. The van der Waals surface area contributed by atoms with Crippen LogP contribution in [0.2, 0.25) is 5.02 Å². The van der Waals surface area contributed by atoms with E-state index in [9.17, 15) is 13.6 Å². The smallest absolute Gasteiger partial charge is 0.253 e. The molecule has 6 heteroatoms. The fraction of sp³-hybridized carbons (Fsp3) is 0.158. The summed E-state index contributed by atoms with van der Waals surface area (Å²) >= 11 is 5.98. The third-order valence-corrected chi connectivity index (χ3v) is 4.22. The van der Waals surface area contributed by atoms with Gasteiger partial charge >= 0.3 is 0 Å². The van der Waals surface area contributed by atoms with Crippen LogP contribution < -0.4 is 5.32 Å². The highest BCUT2D eigenvalue weighted by atomic mass is 35.5. The van der Waals surface area contributed by atoms with Crippen molar-refractivity contribution in [1.82, 2.24) is 10.3 Å². The Morgan fingerprint density at radius 2 is 1.92 bits per heavy atom. The van der Waals surface area contributed by atoms with E-state index in [2.05, 4.69) is 10.3 Å². The number of benzene rings is 2. The number of amides is 1. The second-order valence-electron chi connectivity index (χ2n) is 5.82. The minimum atomic E-state index is -0.701. The molecule has 0 radical (unpaired) electrons. The standard InChI is InChI=1S/C19H15ClF2N2O/c1-10(15-5-4-14(21)9-17(15)22)24-19(25)16-8-12-7-13(20)3-6-18(12)23-11(16)2/h3-10H,1-2H3,(H,24,25). The second kappa shape index (κ2) is 6.76. The number of halogens is 3. The Hall–Kier alpha value is -2.53. The van der Waals surface area contributed by atoms with Crippen LogP contribution >= 0.6 is 11.6 Å². The van der Waals surface area contributed by atoms with Gasteiger partial charge in [0.15, 0.2) is 0 Å². The lowest BCUT2D eigenvalue weighted by Gasteiger charge is -2.16. The molecule has 0 fully saturated rings. The number of nitrogens with one attached hydrogen (secondary N) is 1. The van der Waals surface area contributed by atoms with Crippen LogP contribution in [-0.2, 0) is 0 Å². The van der Waals surface area contributed by atoms with E-state index < -0.39 is 17.7 Å². The minimum absolute atomic E-state index is 0.212. The molecule has 1 unspecified atom stereocenters. The van der Waals surface area contributed by atoms with E-state index in [1.54, 1.807) is 38.1 Å². The van der Waals surface area contributed by atoms with E-state index >= 15 is 0 Å². The van der Waals surface area contributed by atoms with Crippen LogP contribution in [0.25, 0.3) is 10.9 Å². The number of pyridine rings is 1. The number of carbonyl (C=O) groups excluding carboxylic acids is 1. The Morgan fingerprint density at radius 3 is 2.64 bits per heavy atom. The lowest BCUT2D eigenvalue weighted by Crippen LogP contribution is -2.28. The van der Waals surface area contributed by atoms with E-state index in [1.165, 1.54) is 6.07 Å². The zero-order valence-corrected chi connectivity index (χ0v) is 14.4. The summed E-state index contributed by atoms with van der Waals surface area (Å²) in [5.74, 6) is -1.75. The molecule has 1 atom stereocenters. The molecule has 0 spiro atoms. The van der Waals surface area contributed by atoms with E-state index in [0.717, 1.165) is 23.0 Å². The molecule has 1 heterocycles. The van der Waals surface area contributed by atoms with Crippen LogP contribution in [0.15, 0.2) is 42.5 Å². The monoisotopic (exact) mass is 360 g/mol. The van der Waals surface area contributed by atoms with Crippen LogP contribution in [0.3, 0.4) is 0 Å². The highest BCUT2D eigenvalue weighted by Gasteiger charge is 2.17. The van der Waals surface area contributed by atoms with Crippen LogP contribution in [0.1, 0.15) is 34.6 Å². The van der Waals surface area contributed by atoms with E-state index in [4.69, 9.17) is 11.6 Å². The number of nitrogens with zero attached hydrogens (tertiary/aromatic N) is 1. The summed E-state index contributed by atoms with van der Waals surface area (Å²) in [6, 6.07) is 9.59. The molecule has 0 saturated heterocycles. The molecule has 2 aromatic carbocycles. The molecule has 1 N–H and O–H groups in total. The van der Waals surface area contributed by atoms with Crippen molar-refractivity contribution in [3.05, 3.63) is 75.9 Å². The molecule has 3 aromatic rings. The van der Waals surface area contributed by atoms with Gasteiger partial charge in [-0.25, -0.2) is 8.78 Å². The summed E-state index contributed by atoms with van der Waals surface area (Å²) in [4.78, 5) is 17.0. The van der Waals surface area contributed by atoms with Crippen molar-refractivity contribution >= 4 is 28.4 Å². The lowest BCUT2D eigenvalue weighted by atomic mass is 10.1. The van der Waals surface area contributed by atoms with Crippen molar-refractivity contribution < 1.29 is 13.6 Å². The molecule has 25 heavy (non-hydrogen) atoms. The Bertz CT molecular complexity index is 975. The zero-order valence-electron chi connectivity index (χ0n) is 13.6. The van der Waals surface area contributed by atoms with Crippen molar-refractivity contribution in [2.75, 3.05) is 0 Å². The van der Waals surface area contributed by atoms with Crippen LogP contribution in [0, 0.1) is 18.6 Å². The lowest BCUT2D eigenvalue weighted by molar-refractivity contribution is 0.0938. The van der Waals surface area contributed by atoms with Gasteiger partial charge in [0, 0.05) is 22.0 Å². The van der Waals surface area contributed by atoms with Crippen molar-refractivity contribution in [2.24, 2.45) is 0 Å². The fourth-order valence-electron chi connectivity index (χ4n) is 2.68. The molecule has 0 bridgehead atoms. The maximum Gasteiger partial charge on any atom is 0.253 e. The van der Waals surface area contributed by atoms with Gasteiger partial charge in [0.25, 0.3) is 5.91 Å². The minimum Gasteiger partial charge on any atom is -0.345 e. The van der Waals surface area contributed by atoms with Crippen molar-refractivity contribution in [3.63, 3.8) is 0 Å². The van der Waals surface area contributed by atoms with Crippen molar-refractivity contribution in [2.45, 2.75) is 19.9 Å².